The number of hydrogen-bond acceptors (Lipinski definition) is 4. The lowest BCUT2D eigenvalue weighted by Crippen LogP contribution is -2.39. The van der Waals surface area contributed by atoms with Gasteiger partial charge < -0.3 is 19.9 Å². The van der Waals surface area contributed by atoms with Crippen molar-refractivity contribution >= 4 is 11.6 Å². The van der Waals surface area contributed by atoms with Gasteiger partial charge in [0, 0.05) is 30.7 Å². The van der Waals surface area contributed by atoms with Crippen molar-refractivity contribution in [3.8, 4) is 5.75 Å². The molecular formula is C17H24N4O2. The first kappa shape index (κ1) is 16.9. The van der Waals surface area contributed by atoms with Crippen LogP contribution >= 0.6 is 0 Å². The van der Waals surface area contributed by atoms with Gasteiger partial charge in [0.25, 0.3) is 0 Å². The molecule has 6 heteroatoms. The van der Waals surface area contributed by atoms with Crippen LogP contribution in [-0.2, 0) is 17.9 Å². The molecule has 2 N–H and O–H groups in total. The summed E-state index contributed by atoms with van der Waals surface area (Å²) in [6.45, 7) is 5.29. The summed E-state index contributed by atoms with van der Waals surface area (Å²) < 4.78 is 7.21. The zero-order chi connectivity index (χ0) is 16.7. The molecule has 0 radical (unpaired) electrons. The Morgan fingerprint density at radius 1 is 1.39 bits per heavy atom. The van der Waals surface area contributed by atoms with E-state index in [2.05, 4.69) is 15.6 Å². The summed E-state index contributed by atoms with van der Waals surface area (Å²) in [6, 6.07) is 7.26. The van der Waals surface area contributed by atoms with Gasteiger partial charge in [-0.3, -0.25) is 4.79 Å². The van der Waals surface area contributed by atoms with Gasteiger partial charge in [-0.25, -0.2) is 4.98 Å². The molecule has 23 heavy (non-hydrogen) atoms. The molecule has 1 aromatic carbocycles. The minimum Gasteiger partial charge on any atom is -0.497 e. The van der Waals surface area contributed by atoms with Crippen molar-refractivity contribution in [3.63, 3.8) is 0 Å². The monoisotopic (exact) mass is 316 g/mol. The number of nitrogens with zero attached hydrogens (tertiary/aromatic N) is 2. The van der Waals surface area contributed by atoms with Crippen molar-refractivity contribution in [2.24, 2.45) is 0 Å². The second-order valence-electron chi connectivity index (χ2n) is 5.18. The topological polar surface area (TPSA) is 68.2 Å². The number of aromatic nitrogens is 2. The number of aryl methyl sites for hydroxylation is 1. The van der Waals surface area contributed by atoms with Crippen molar-refractivity contribution < 1.29 is 9.53 Å². The molecule has 1 aromatic heterocycles. The number of ether oxygens (including phenoxy) is 1. The molecule has 0 bridgehead atoms. The molecule has 124 valence electrons. The predicted octanol–water partition coefficient (Wildman–Crippen LogP) is 2.42. The first-order valence-corrected chi connectivity index (χ1v) is 7.86. The first-order valence-electron chi connectivity index (χ1n) is 7.86. The summed E-state index contributed by atoms with van der Waals surface area (Å²) in [6.07, 6.45) is 4.34. The Labute approximate surface area is 136 Å². The molecular weight excluding hydrogens is 292 g/mol. The number of carbonyl (C=O) groups is 1. The van der Waals surface area contributed by atoms with Crippen molar-refractivity contribution in [2.45, 2.75) is 39.4 Å². The third-order valence-corrected chi connectivity index (χ3v) is 3.70. The van der Waals surface area contributed by atoms with Crippen LogP contribution in [0.5, 0.6) is 5.75 Å². The summed E-state index contributed by atoms with van der Waals surface area (Å²) in [7, 11) is 1.62. The van der Waals surface area contributed by atoms with E-state index >= 15 is 0 Å². The number of carbonyl (C=O) groups excluding carboxylic acids is 1. The fourth-order valence-electron chi connectivity index (χ4n) is 2.35. The van der Waals surface area contributed by atoms with Crippen molar-refractivity contribution in [1.82, 2.24) is 14.9 Å². The standard InChI is InChI=1S/C17H24N4O2/c1-4-15(20-13-7-6-8-14(11-13)23-3)17(22)19-12-16-18-9-10-21(16)5-2/h6-11,15,20H,4-5,12H2,1-3H3,(H,19,22)/t15-/m0/s1. The Kier molecular flexibility index (Phi) is 6.02. The molecule has 2 rings (SSSR count). The number of rotatable bonds is 8. The molecule has 6 nitrogen and oxygen atoms in total. The summed E-state index contributed by atoms with van der Waals surface area (Å²) >= 11 is 0. The molecule has 1 heterocycles. The van der Waals surface area contributed by atoms with Crippen LogP contribution in [0.2, 0.25) is 0 Å². The largest absolute Gasteiger partial charge is 0.497 e. The van der Waals surface area contributed by atoms with E-state index in [0.717, 1.165) is 23.8 Å². The van der Waals surface area contributed by atoms with Crippen LogP contribution < -0.4 is 15.4 Å². The smallest absolute Gasteiger partial charge is 0.242 e. The summed E-state index contributed by atoms with van der Waals surface area (Å²) in [5, 5.41) is 6.19. The molecule has 0 saturated heterocycles. The zero-order valence-corrected chi connectivity index (χ0v) is 13.9. The van der Waals surface area contributed by atoms with E-state index in [9.17, 15) is 4.79 Å². The van der Waals surface area contributed by atoms with E-state index in [1.54, 1.807) is 13.3 Å². The number of nitrogens with one attached hydrogen (secondary N) is 2. The first-order chi connectivity index (χ1) is 11.2. The predicted molar refractivity (Wildman–Crippen MR) is 90.4 cm³/mol. The van der Waals surface area contributed by atoms with Crippen LogP contribution in [0.25, 0.3) is 0 Å². The number of methoxy groups -OCH3 is 1. The Bertz CT molecular complexity index is 639. The second-order valence-corrected chi connectivity index (χ2v) is 5.18. The van der Waals surface area contributed by atoms with Gasteiger partial charge in [-0.05, 0) is 25.5 Å². The second kappa shape index (κ2) is 8.22. The Morgan fingerprint density at radius 2 is 2.22 bits per heavy atom. The maximum Gasteiger partial charge on any atom is 0.242 e. The molecule has 0 aliphatic rings. The van der Waals surface area contributed by atoms with Crippen molar-refractivity contribution in [1.29, 1.82) is 0 Å². The van der Waals surface area contributed by atoms with Gasteiger partial charge in [0.05, 0.1) is 13.7 Å². The van der Waals surface area contributed by atoms with Gasteiger partial charge in [-0.1, -0.05) is 13.0 Å². The lowest BCUT2D eigenvalue weighted by atomic mass is 10.2. The van der Waals surface area contributed by atoms with Crippen LogP contribution in [-0.4, -0.2) is 28.6 Å². The molecule has 0 unspecified atom stereocenters. The van der Waals surface area contributed by atoms with Gasteiger partial charge in [0.1, 0.15) is 17.6 Å². The Hall–Kier alpha value is -2.50. The van der Waals surface area contributed by atoms with Gasteiger partial charge in [0.2, 0.25) is 5.91 Å². The average molecular weight is 316 g/mol. The van der Waals surface area contributed by atoms with E-state index in [0.29, 0.717) is 13.0 Å². The highest BCUT2D eigenvalue weighted by Gasteiger charge is 2.16. The van der Waals surface area contributed by atoms with Crippen LogP contribution in [0.3, 0.4) is 0 Å². The molecule has 0 fully saturated rings. The third kappa shape index (κ3) is 4.48. The van der Waals surface area contributed by atoms with E-state index < -0.39 is 0 Å². The average Bonchev–Trinajstić information content (AvgIpc) is 3.05. The van der Waals surface area contributed by atoms with E-state index in [1.165, 1.54) is 0 Å². The number of anilines is 1. The molecule has 1 atom stereocenters. The minimum absolute atomic E-state index is 0.0408. The number of benzene rings is 1. The maximum absolute atomic E-state index is 12.4. The number of imidazole rings is 1. The van der Waals surface area contributed by atoms with E-state index in [-0.39, 0.29) is 11.9 Å². The summed E-state index contributed by atoms with van der Waals surface area (Å²) in [4.78, 5) is 16.6. The van der Waals surface area contributed by atoms with Gasteiger partial charge in [0.15, 0.2) is 0 Å². The molecule has 2 aromatic rings. The number of amides is 1. The van der Waals surface area contributed by atoms with Gasteiger partial charge in [-0.15, -0.1) is 0 Å². The third-order valence-electron chi connectivity index (χ3n) is 3.70. The highest BCUT2D eigenvalue weighted by molar-refractivity contribution is 5.84. The fourth-order valence-corrected chi connectivity index (χ4v) is 2.35. The van der Waals surface area contributed by atoms with Crippen LogP contribution in [0.1, 0.15) is 26.1 Å². The molecule has 0 aliphatic heterocycles. The lowest BCUT2D eigenvalue weighted by Gasteiger charge is -2.18. The maximum atomic E-state index is 12.4. The molecule has 1 amide bonds. The van der Waals surface area contributed by atoms with Gasteiger partial charge in [-0.2, -0.15) is 0 Å². The SMILES string of the molecule is CC[C@H](Nc1cccc(OC)c1)C(=O)NCc1nccn1CC. The van der Waals surface area contributed by atoms with Crippen molar-refractivity contribution in [3.05, 3.63) is 42.5 Å². The highest BCUT2D eigenvalue weighted by atomic mass is 16.5. The van der Waals surface area contributed by atoms with Crippen LogP contribution in [0.15, 0.2) is 36.7 Å². The highest BCUT2D eigenvalue weighted by Crippen LogP contribution is 2.18. The summed E-state index contributed by atoms with van der Waals surface area (Å²) in [5.74, 6) is 1.58. The van der Waals surface area contributed by atoms with Crippen LogP contribution in [0, 0.1) is 0 Å². The van der Waals surface area contributed by atoms with Crippen LogP contribution in [0.4, 0.5) is 5.69 Å². The Morgan fingerprint density at radius 3 is 2.91 bits per heavy atom. The fraction of sp³-hybridized carbons (Fsp3) is 0.412. The van der Waals surface area contributed by atoms with E-state index in [4.69, 9.17) is 4.74 Å². The summed E-state index contributed by atoms with van der Waals surface area (Å²) in [5.41, 5.74) is 0.862. The molecule has 0 saturated carbocycles. The van der Waals surface area contributed by atoms with Crippen molar-refractivity contribution in [2.75, 3.05) is 12.4 Å². The quantitative estimate of drug-likeness (QED) is 0.785. The van der Waals surface area contributed by atoms with E-state index in [1.807, 2.05) is 48.9 Å². The molecule has 0 spiro atoms. The minimum atomic E-state index is -0.299. The molecule has 0 aliphatic carbocycles. The number of hydrogen-bond donors (Lipinski definition) is 2. The zero-order valence-electron chi connectivity index (χ0n) is 13.9. The van der Waals surface area contributed by atoms with Gasteiger partial charge >= 0.3 is 0 Å². The normalized spacial score (nSPS) is 11.8. The lowest BCUT2D eigenvalue weighted by molar-refractivity contribution is -0.122. The Balaban J connectivity index is 1.95.